The van der Waals surface area contributed by atoms with Crippen LogP contribution in [-0.2, 0) is 4.74 Å². The third kappa shape index (κ3) is 3.68. The summed E-state index contributed by atoms with van der Waals surface area (Å²) < 4.78 is 5.68. The minimum atomic E-state index is 0.482. The Hall–Kier alpha value is -0.220. The molecule has 0 bridgehead atoms. The molecule has 2 unspecified atom stereocenters. The van der Waals surface area contributed by atoms with Crippen molar-refractivity contribution in [2.24, 2.45) is 4.99 Å². The molecule has 4 heteroatoms. The number of ether oxygens (including phenoxy) is 1. The number of nitrogens with one attached hydrogen (secondary N) is 1. The van der Waals surface area contributed by atoms with E-state index in [2.05, 4.69) is 17.2 Å². The van der Waals surface area contributed by atoms with Gasteiger partial charge in [-0.25, -0.2) is 0 Å². The van der Waals surface area contributed by atoms with E-state index in [9.17, 15) is 0 Å². The van der Waals surface area contributed by atoms with Gasteiger partial charge >= 0.3 is 0 Å². The van der Waals surface area contributed by atoms with E-state index in [0.29, 0.717) is 11.4 Å². The van der Waals surface area contributed by atoms with Crippen molar-refractivity contribution in [3.05, 3.63) is 0 Å². The maximum Gasteiger partial charge on any atom is 0.156 e. The molecule has 2 heterocycles. The maximum atomic E-state index is 5.68. The Morgan fingerprint density at radius 3 is 3.13 bits per heavy atom. The van der Waals surface area contributed by atoms with Crippen molar-refractivity contribution in [3.63, 3.8) is 0 Å². The van der Waals surface area contributed by atoms with E-state index in [-0.39, 0.29) is 0 Å². The van der Waals surface area contributed by atoms with Gasteiger partial charge in [-0.3, -0.25) is 4.99 Å². The van der Waals surface area contributed by atoms with Gasteiger partial charge in [0.2, 0.25) is 0 Å². The first-order chi connectivity index (χ1) is 7.34. The quantitative estimate of drug-likeness (QED) is 0.802. The van der Waals surface area contributed by atoms with Crippen molar-refractivity contribution < 1.29 is 4.74 Å². The molecular formula is C11H20N2OS. The lowest BCUT2D eigenvalue weighted by Crippen LogP contribution is -2.27. The van der Waals surface area contributed by atoms with Crippen LogP contribution in [0.2, 0.25) is 0 Å². The minimum absolute atomic E-state index is 0.482. The van der Waals surface area contributed by atoms with Crippen LogP contribution in [0.25, 0.3) is 0 Å². The Balaban J connectivity index is 1.58. The highest BCUT2D eigenvalue weighted by molar-refractivity contribution is 8.14. The average Bonchev–Trinajstić information content (AvgIpc) is 2.66. The third-order valence-corrected chi connectivity index (χ3v) is 3.87. The smallest absolute Gasteiger partial charge is 0.156 e. The van der Waals surface area contributed by atoms with Gasteiger partial charge in [0, 0.05) is 18.4 Å². The zero-order valence-electron chi connectivity index (χ0n) is 9.37. The Labute approximate surface area is 96.1 Å². The van der Waals surface area contributed by atoms with E-state index in [1.807, 2.05) is 11.8 Å². The first kappa shape index (κ1) is 11.3. The highest BCUT2D eigenvalue weighted by Gasteiger charge is 2.16. The lowest BCUT2D eigenvalue weighted by Gasteiger charge is -2.22. The second-order valence-electron chi connectivity index (χ2n) is 4.28. The van der Waals surface area contributed by atoms with Gasteiger partial charge in [0.1, 0.15) is 0 Å². The van der Waals surface area contributed by atoms with E-state index in [4.69, 9.17) is 4.74 Å². The summed E-state index contributed by atoms with van der Waals surface area (Å²) in [6, 6.07) is 0. The molecule has 2 aliphatic heterocycles. The normalized spacial score (nSPS) is 31.4. The first-order valence-electron chi connectivity index (χ1n) is 5.91. The SMILES string of the molecule is CC1CN=C(NCCC2CCCCO2)S1. The number of rotatable bonds is 3. The first-order valence-corrected chi connectivity index (χ1v) is 6.79. The van der Waals surface area contributed by atoms with Gasteiger partial charge < -0.3 is 10.1 Å². The van der Waals surface area contributed by atoms with Crippen molar-refractivity contribution in [3.8, 4) is 0 Å². The highest BCUT2D eigenvalue weighted by Crippen LogP contribution is 2.19. The van der Waals surface area contributed by atoms with E-state index < -0.39 is 0 Å². The number of hydrogen-bond acceptors (Lipinski definition) is 4. The second kappa shape index (κ2) is 5.75. The highest BCUT2D eigenvalue weighted by atomic mass is 32.2. The fourth-order valence-corrected chi connectivity index (χ4v) is 2.81. The molecule has 0 aromatic carbocycles. The molecule has 0 amide bonds. The fourth-order valence-electron chi connectivity index (χ4n) is 1.95. The van der Waals surface area contributed by atoms with Crippen LogP contribution in [0.3, 0.4) is 0 Å². The molecule has 0 saturated carbocycles. The predicted molar refractivity (Wildman–Crippen MR) is 65.6 cm³/mol. The summed E-state index contributed by atoms with van der Waals surface area (Å²) in [6.07, 6.45) is 5.41. The van der Waals surface area contributed by atoms with Crippen LogP contribution in [0.4, 0.5) is 0 Å². The Morgan fingerprint density at radius 1 is 1.53 bits per heavy atom. The summed E-state index contributed by atoms with van der Waals surface area (Å²) in [5.74, 6) is 0. The molecule has 0 aliphatic carbocycles. The summed E-state index contributed by atoms with van der Waals surface area (Å²) in [7, 11) is 0. The van der Waals surface area contributed by atoms with Crippen LogP contribution in [0.15, 0.2) is 4.99 Å². The predicted octanol–water partition coefficient (Wildman–Crippen LogP) is 2.03. The molecule has 3 nitrogen and oxygen atoms in total. The molecule has 0 aromatic heterocycles. The van der Waals surface area contributed by atoms with E-state index in [1.54, 1.807) is 0 Å². The van der Waals surface area contributed by atoms with Crippen molar-refractivity contribution in [2.45, 2.75) is 44.0 Å². The molecule has 0 aromatic rings. The van der Waals surface area contributed by atoms with Crippen LogP contribution in [0.1, 0.15) is 32.6 Å². The summed E-state index contributed by atoms with van der Waals surface area (Å²) in [5, 5.41) is 5.17. The van der Waals surface area contributed by atoms with Gasteiger partial charge in [-0.2, -0.15) is 0 Å². The van der Waals surface area contributed by atoms with Crippen LogP contribution >= 0.6 is 11.8 Å². The van der Waals surface area contributed by atoms with Crippen LogP contribution in [0.5, 0.6) is 0 Å². The molecule has 15 heavy (non-hydrogen) atoms. The monoisotopic (exact) mass is 228 g/mol. The number of thioether (sulfide) groups is 1. The molecule has 1 fully saturated rings. The van der Waals surface area contributed by atoms with Crippen molar-refractivity contribution in [1.29, 1.82) is 0 Å². The summed E-state index contributed by atoms with van der Waals surface area (Å²) in [5.41, 5.74) is 0. The summed E-state index contributed by atoms with van der Waals surface area (Å²) in [6.45, 7) is 5.14. The summed E-state index contributed by atoms with van der Waals surface area (Å²) in [4.78, 5) is 4.43. The molecule has 2 aliphatic rings. The second-order valence-corrected chi connectivity index (χ2v) is 5.71. The van der Waals surface area contributed by atoms with Crippen LogP contribution in [-0.4, -0.2) is 36.2 Å². The number of aliphatic imine (C=N–C) groups is 1. The third-order valence-electron chi connectivity index (χ3n) is 2.82. The fraction of sp³-hybridized carbons (Fsp3) is 0.909. The van der Waals surface area contributed by atoms with Gasteiger partial charge in [-0.15, -0.1) is 0 Å². The van der Waals surface area contributed by atoms with Gasteiger partial charge in [0.25, 0.3) is 0 Å². The van der Waals surface area contributed by atoms with Crippen LogP contribution < -0.4 is 5.32 Å². The topological polar surface area (TPSA) is 33.6 Å². The number of hydrogen-bond donors (Lipinski definition) is 1. The molecule has 0 spiro atoms. The Morgan fingerprint density at radius 2 is 2.47 bits per heavy atom. The average molecular weight is 228 g/mol. The molecule has 86 valence electrons. The zero-order chi connectivity index (χ0) is 10.5. The van der Waals surface area contributed by atoms with E-state index >= 15 is 0 Å². The van der Waals surface area contributed by atoms with Gasteiger partial charge in [-0.05, 0) is 25.7 Å². The minimum Gasteiger partial charge on any atom is -0.378 e. The summed E-state index contributed by atoms with van der Waals surface area (Å²) >= 11 is 1.85. The molecule has 2 rings (SSSR count). The Kier molecular flexibility index (Phi) is 4.32. The van der Waals surface area contributed by atoms with Gasteiger partial charge in [0.15, 0.2) is 5.17 Å². The number of nitrogens with zero attached hydrogens (tertiary/aromatic N) is 1. The van der Waals surface area contributed by atoms with E-state index in [0.717, 1.165) is 31.3 Å². The Bertz CT molecular complexity index is 227. The lowest BCUT2D eigenvalue weighted by atomic mass is 10.1. The van der Waals surface area contributed by atoms with Crippen LogP contribution in [0, 0.1) is 0 Å². The molecule has 1 N–H and O–H groups in total. The molecule has 1 saturated heterocycles. The van der Waals surface area contributed by atoms with E-state index in [1.165, 1.54) is 19.3 Å². The van der Waals surface area contributed by atoms with Gasteiger partial charge in [-0.1, -0.05) is 18.7 Å². The molecular weight excluding hydrogens is 208 g/mol. The zero-order valence-corrected chi connectivity index (χ0v) is 10.2. The maximum absolute atomic E-state index is 5.68. The van der Waals surface area contributed by atoms with Gasteiger partial charge in [0.05, 0.1) is 12.6 Å². The van der Waals surface area contributed by atoms with Crippen molar-refractivity contribution in [1.82, 2.24) is 5.32 Å². The number of amidine groups is 1. The van der Waals surface area contributed by atoms with Crippen molar-refractivity contribution in [2.75, 3.05) is 19.7 Å². The molecule has 0 radical (unpaired) electrons. The lowest BCUT2D eigenvalue weighted by molar-refractivity contribution is 0.0122. The standard InChI is InChI=1S/C11H20N2OS/c1-9-8-13-11(15-9)12-6-5-10-4-2-3-7-14-10/h9-10H,2-8H2,1H3,(H,12,13). The largest absolute Gasteiger partial charge is 0.378 e. The molecule has 2 atom stereocenters. The van der Waals surface area contributed by atoms with Crippen molar-refractivity contribution >= 4 is 16.9 Å².